The molecule has 0 bridgehead atoms. The van der Waals surface area contributed by atoms with Gasteiger partial charge in [0, 0.05) is 24.3 Å². The SMILES string of the molecule is C=CCNS(=O)(=O)c1ccc(C(=O)N2CCCc3c(C)cc(C)cc32)cc1. The van der Waals surface area contributed by atoms with Gasteiger partial charge in [-0.2, -0.15) is 0 Å². The quantitative estimate of drug-likeness (QED) is 0.804. The minimum atomic E-state index is -3.60. The van der Waals surface area contributed by atoms with Crippen LogP contribution in [0.4, 0.5) is 5.69 Å². The summed E-state index contributed by atoms with van der Waals surface area (Å²) >= 11 is 0. The highest BCUT2D eigenvalue weighted by Crippen LogP contribution is 2.32. The van der Waals surface area contributed by atoms with Gasteiger partial charge in [0.25, 0.3) is 5.91 Å². The second-order valence-corrected chi connectivity index (χ2v) is 8.57. The van der Waals surface area contributed by atoms with Gasteiger partial charge in [-0.1, -0.05) is 12.1 Å². The van der Waals surface area contributed by atoms with Crippen LogP contribution in [0, 0.1) is 13.8 Å². The molecule has 0 atom stereocenters. The summed E-state index contributed by atoms with van der Waals surface area (Å²) in [5.74, 6) is -0.107. The Bertz CT molecular complexity index is 979. The summed E-state index contributed by atoms with van der Waals surface area (Å²) < 4.78 is 26.7. The maximum Gasteiger partial charge on any atom is 0.258 e. The van der Waals surface area contributed by atoms with Gasteiger partial charge in [0.1, 0.15) is 0 Å². The predicted octanol–water partition coefficient (Wildman–Crippen LogP) is 3.36. The maximum absolute atomic E-state index is 13.1. The number of sulfonamides is 1. The molecule has 0 saturated carbocycles. The molecule has 0 fully saturated rings. The average Bonchev–Trinajstić information content (AvgIpc) is 2.65. The van der Waals surface area contributed by atoms with Crippen LogP contribution in [0.2, 0.25) is 0 Å². The number of amides is 1. The second kappa shape index (κ2) is 7.66. The molecule has 1 N–H and O–H groups in total. The molecular formula is C21H24N2O3S. The lowest BCUT2D eigenvalue weighted by Crippen LogP contribution is -2.36. The van der Waals surface area contributed by atoms with E-state index in [0.717, 1.165) is 24.1 Å². The van der Waals surface area contributed by atoms with Gasteiger partial charge in [-0.25, -0.2) is 13.1 Å². The fourth-order valence-electron chi connectivity index (χ4n) is 3.47. The van der Waals surface area contributed by atoms with Gasteiger partial charge in [0.05, 0.1) is 4.90 Å². The lowest BCUT2D eigenvalue weighted by molar-refractivity contribution is 0.0985. The molecule has 2 aromatic rings. The zero-order chi connectivity index (χ0) is 19.6. The van der Waals surface area contributed by atoms with Crippen LogP contribution >= 0.6 is 0 Å². The van der Waals surface area contributed by atoms with Crippen molar-refractivity contribution in [2.45, 2.75) is 31.6 Å². The van der Waals surface area contributed by atoms with Crippen molar-refractivity contribution in [3.63, 3.8) is 0 Å². The maximum atomic E-state index is 13.1. The summed E-state index contributed by atoms with van der Waals surface area (Å²) in [6.07, 6.45) is 3.37. The molecule has 1 aliphatic rings. The lowest BCUT2D eigenvalue weighted by Gasteiger charge is -2.31. The molecule has 3 rings (SSSR count). The first-order valence-corrected chi connectivity index (χ1v) is 10.4. The largest absolute Gasteiger partial charge is 0.308 e. The van der Waals surface area contributed by atoms with E-state index in [1.54, 1.807) is 17.0 Å². The van der Waals surface area contributed by atoms with E-state index in [-0.39, 0.29) is 17.3 Å². The van der Waals surface area contributed by atoms with Crippen molar-refractivity contribution in [3.05, 3.63) is 71.3 Å². The van der Waals surface area contributed by atoms with E-state index in [1.165, 1.54) is 29.3 Å². The van der Waals surface area contributed by atoms with Gasteiger partial charge in [-0.15, -0.1) is 6.58 Å². The normalized spacial score (nSPS) is 13.9. The first-order chi connectivity index (χ1) is 12.8. The van der Waals surface area contributed by atoms with Crippen molar-refractivity contribution in [1.29, 1.82) is 0 Å². The molecule has 1 heterocycles. The Morgan fingerprint density at radius 2 is 1.93 bits per heavy atom. The molecule has 142 valence electrons. The number of anilines is 1. The summed E-state index contributed by atoms with van der Waals surface area (Å²) in [6.45, 7) is 8.43. The van der Waals surface area contributed by atoms with Crippen molar-refractivity contribution in [2.75, 3.05) is 18.0 Å². The van der Waals surface area contributed by atoms with E-state index in [2.05, 4.69) is 30.4 Å². The highest BCUT2D eigenvalue weighted by atomic mass is 32.2. The van der Waals surface area contributed by atoms with Gasteiger partial charge in [0.2, 0.25) is 10.0 Å². The van der Waals surface area contributed by atoms with Crippen molar-refractivity contribution >= 4 is 21.6 Å². The first-order valence-electron chi connectivity index (χ1n) is 8.96. The van der Waals surface area contributed by atoms with E-state index < -0.39 is 10.0 Å². The fourth-order valence-corrected chi connectivity index (χ4v) is 4.47. The van der Waals surface area contributed by atoms with Crippen LogP contribution in [0.5, 0.6) is 0 Å². The molecule has 1 amide bonds. The average molecular weight is 385 g/mol. The number of aryl methyl sites for hydroxylation is 2. The van der Waals surface area contributed by atoms with Crippen molar-refractivity contribution < 1.29 is 13.2 Å². The number of carbonyl (C=O) groups excluding carboxylic acids is 1. The summed E-state index contributed by atoms with van der Waals surface area (Å²) in [5, 5.41) is 0. The Kier molecular flexibility index (Phi) is 5.48. The van der Waals surface area contributed by atoms with Crippen LogP contribution in [0.25, 0.3) is 0 Å². The first kappa shape index (κ1) is 19.3. The van der Waals surface area contributed by atoms with E-state index in [1.807, 2.05) is 6.92 Å². The molecule has 2 aromatic carbocycles. The van der Waals surface area contributed by atoms with Crippen LogP contribution in [0.1, 0.15) is 33.5 Å². The van der Waals surface area contributed by atoms with Crippen LogP contribution in [0.15, 0.2) is 53.9 Å². The van der Waals surface area contributed by atoms with Crippen molar-refractivity contribution in [1.82, 2.24) is 4.72 Å². The standard InChI is InChI=1S/C21H24N2O3S/c1-4-11-22-27(25,26)18-9-7-17(8-10-18)21(24)23-12-5-6-19-16(3)13-15(2)14-20(19)23/h4,7-10,13-14,22H,1,5-6,11-12H2,2-3H3. The van der Waals surface area contributed by atoms with Gasteiger partial charge in [-0.3, -0.25) is 4.79 Å². The Balaban J connectivity index is 1.89. The minimum absolute atomic E-state index is 0.107. The molecule has 0 radical (unpaired) electrons. The Morgan fingerprint density at radius 1 is 1.22 bits per heavy atom. The number of nitrogens with one attached hydrogen (secondary N) is 1. The molecule has 0 unspecified atom stereocenters. The summed E-state index contributed by atoms with van der Waals surface area (Å²) in [5.41, 5.74) is 4.99. The van der Waals surface area contributed by atoms with Gasteiger partial charge in [0.15, 0.2) is 0 Å². The van der Waals surface area contributed by atoms with Crippen molar-refractivity contribution in [2.24, 2.45) is 0 Å². The number of rotatable bonds is 5. The van der Waals surface area contributed by atoms with Crippen LogP contribution in [0.3, 0.4) is 0 Å². The monoisotopic (exact) mass is 384 g/mol. The lowest BCUT2D eigenvalue weighted by atomic mass is 9.94. The summed E-state index contributed by atoms with van der Waals surface area (Å²) in [6, 6.07) is 10.3. The molecule has 0 saturated heterocycles. The topological polar surface area (TPSA) is 66.5 Å². The van der Waals surface area contributed by atoms with Crippen LogP contribution in [-0.4, -0.2) is 27.4 Å². The van der Waals surface area contributed by atoms with Gasteiger partial charge >= 0.3 is 0 Å². The fraction of sp³-hybridized carbons (Fsp3) is 0.286. The number of hydrogen-bond donors (Lipinski definition) is 1. The number of fused-ring (bicyclic) bond motifs is 1. The Morgan fingerprint density at radius 3 is 2.59 bits per heavy atom. The van der Waals surface area contributed by atoms with E-state index >= 15 is 0 Å². The molecule has 0 aromatic heterocycles. The minimum Gasteiger partial charge on any atom is -0.308 e. The summed E-state index contributed by atoms with van der Waals surface area (Å²) in [7, 11) is -3.60. The molecule has 27 heavy (non-hydrogen) atoms. The Hall–Kier alpha value is -2.44. The Labute approximate surface area is 160 Å². The number of benzene rings is 2. The molecule has 5 nitrogen and oxygen atoms in total. The van der Waals surface area contributed by atoms with E-state index in [4.69, 9.17) is 0 Å². The zero-order valence-corrected chi connectivity index (χ0v) is 16.5. The third kappa shape index (κ3) is 3.96. The molecule has 1 aliphatic heterocycles. The van der Waals surface area contributed by atoms with E-state index in [9.17, 15) is 13.2 Å². The number of hydrogen-bond acceptors (Lipinski definition) is 3. The smallest absolute Gasteiger partial charge is 0.258 e. The summed E-state index contributed by atoms with van der Waals surface area (Å²) in [4.78, 5) is 15.0. The molecular weight excluding hydrogens is 360 g/mol. The van der Waals surface area contributed by atoms with Crippen molar-refractivity contribution in [3.8, 4) is 0 Å². The van der Waals surface area contributed by atoms with Gasteiger partial charge in [-0.05, 0) is 73.7 Å². The highest BCUT2D eigenvalue weighted by Gasteiger charge is 2.25. The third-order valence-corrected chi connectivity index (χ3v) is 6.21. The van der Waals surface area contributed by atoms with Gasteiger partial charge < -0.3 is 4.90 Å². The predicted molar refractivity (Wildman–Crippen MR) is 108 cm³/mol. The number of carbonyl (C=O) groups is 1. The molecule has 6 heteroatoms. The highest BCUT2D eigenvalue weighted by molar-refractivity contribution is 7.89. The molecule has 0 aliphatic carbocycles. The third-order valence-electron chi connectivity index (χ3n) is 4.77. The number of nitrogens with zero attached hydrogens (tertiary/aromatic N) is 1. The van der Waals surface area contributed by atoms with E-state index in [0.29, 0.717) is 12.1 Å². The van der Waals surface area contributed by atoms with Crippen LogP contribution < -0.4 is 9.62 Å². The van der Waals surface area contributed by atoms with Crippen LogP contribution in [-0.2, 0) is 16.4 Å². The second-order valence-electron chi connectivity index (χ2n) is 6.80. The zero-order valence-electron chi connectivity index (χ0n) is 15.7. The molecule has 0 spiro atoms.